The highest BCUT2D eigenvalue weighted by Gasteiger charge is 2.21. The molecule has 0 bridgehead atoms. The monoisotopic (exact) mass is 296 g/mol. The number of nitrogens with zero attached hydrogens (tertiary/aromatic N) is 2. The topological polar surface area (TPSA) is 39.7 Å². The zero-order valence-electron chi connectivity index (χ0n) is 14.8. The first kappa shape index (κ1) is 18.3. The molecule has 1 rings (SSSR count). The number of hydrogen-bond acceptors (Lipinski definition) is 2. The second-order valence-corrected chi connectivity index (χ2v) is 6.93. The molecule has 0 aromatic rings. The van der Waals surface area contributed by atoms with Gasteiger partial charge >= 0.3 is 0 Å². The Morgan fingerprint density at radius 2 is 2.05 bits per heavy atom. The molecule has 21 heavy (non-hydrogen) atoms. The lowest BCUT2D eigenvalue weighted by atomic mass is 10.0. The number of rotatable bonds is 8. The molecule has 1 fully saturated rings. The predicted octanol–water partition coefficient (Wildman–Crippen LogP) is 2.71. The van der Waals surface area contributed by atoms with Crippen molar-refractivity contribution in [3.05, 3.63) is 0 Å². The number of nitrogens with one attached hydrogen (secondary N) is 2. The Labute approximate surface area is 131 Å². The molecule has 124 valence electrons. The van der Waals surface area contributed by atoms with Gasteiger partial charge in [-0.1, -0.05) is 20.8 Å². The van der Waals surface area contributed by atoms with Gasteiger partial charge in [-0.3, -0.25) is 4.99 Å². The third kappa shape index (κ3) is 7.70. The van der Waals surface area contributed by atoms with Crippen molar-refractivity contribution >= 4 is 5.96 Å². The van der Waals surface area contributed by atoms with Gasteiger partial charge in [0.1, 0.15) is 0 Å². The average Bonchev–Trinajstić information content (AvgIpc) is 2.89. The van der Waals surface area contributed by atoms with Crippen LogP contribution in [0.1, 0.15) is 53.4 Å². The molecule has 0 amide bonds. The molecule has 0 aromatic carbocycles. The maximum absolute atomic E-state index is 4.35. The van der Waals surface area contributed by atoms with Crippen LogP contribution >= 0.6 is 0 Å². The summed E-state index contributed by atoms with van der Waals surface area (Å²) in [6, 6.07) is 0.485. The van der Waals surface area contributed by atoms with E-state index in [1.807, 2.05) is 7.05 Å². The molecule has 4 nitrogen and oxygen atoms in total. The van der Waals surface area contributed by atoms with Crippen LogP contribution in [0.15, 0.2) is 4.99 Å². The van der Waals surface area contributed by atoms with Crippen LogP contribution in [0.25, 0.3) is 0 Å². The zero-order chi connectivity index (χ0) is 15.7. The lowest BCUT2D eigenvalue weighted by Gasteiger charge is -2.20. The van der Waals surface area contributed by atoms with Crippen molar-refractivity contribution in [2.75, 3.05) is 33.2 Å². The maximum atomic E-state index is 4.35. The molecule has 1 heterocycles. The molecule has 0 aromatic heterocycles. The third-order valence-electron chi connectivity index (χ3n) is 4.25. The molecule has 1 aliphatic rings. The summed E-state index contributed by atoms with van der Waals surface area (Å²) in [5.41, 5.74) is 0. The minimum Gasteiger partial charge on any atom is -0.356 e. The van der Waals surface area contributed by atoms with Gasteiger partial charge in [-0.15, -0.1) is 0 Å². The highest BCUT2D eigenvalue weighted by atomic mass is 15.2. The van der Waals surface area contributed by atoms with Gasteiger partial charge in [-0.05, 0) is 57.5 Å². The predicted molar refractivity (Wildman–Crippen MR) is 92.9 cm³/mol. The second-order valence-electron chi connectivity index (χ2n) is 6.93. The van der Waals surface area contributed by atoms with E-state index in [9.17, 15) is 0 Å². The lowest BCUT2D eigenvalue weighted by Crippen LogP contribution is -2.44. The van der Waals surface area contributed by atoms with E-state index in [-0.39, 0.29) is 0 Å². The highest BCUT2D eigenvalue weighted by molar-refractivity contribution is 5.79. The van der Waals surface area contributed by atoms with Crippen LogP contribution < -0.4 is 10.6 Å². The Bertz CT molecular complexity index is 301. The molecule has 0 spiro atoms. The Balaban J connectivity index is 2.22. The molecule has 2 N–H and O–H groups in total. The summed E-state index contributed by atoms with van der Waals surface area (Å²) in [5, 5.41) is 7.01. The van der Waals surface area contributed by atoms with Crippen LogP contribution in [0, 0.1) is 11.8 Å². The van der Waals surface area contributed by atoms with E-state index in [1.54, 1.807) is 0 Å². The summed E-state index contributed by atoms with van der Waals surface area (Å²) in [5.74, 6) is 2.49. The Morgan fingerprint density at radius 3 is 2.67 bits per heavy atom. The number of aliphatic imine (C=N–C) groups is 1. The van der Waals surface area contributed by atoms with Crippen molar-refractivity contribution in [3.8, 4) is 0 Å². The maximum Gasteiger partial charge on any atom is 0.191 e. The van der Waals surface area contributed by atoms with E-state index < -0.39 is 0 Å². The summed E-state index contributed by atoms with van der Waals surface area (Å²) in [6.07, 6.45) is 5.04. The van der Waals surface area contributed by atoms with Crippen molar-refractivity contribution < 1.29 is 0 Å². The summed E-state index contributed by atoms with van der Waals surface area (Å²) < 4.78 is 0. The van der Waals surface area contributed by atoms with Gasteiger partial charge in [0.05, 0.1) is 0 Å². The molecule has 2 unspecified atom stereocenters. The summed E-state index contributed by atoms with van der Waals surface area (Å²) in [6.45, 7) is 13.8. The van der Waals surface area contributed by atoms with Crippen LogP contribution in [0.2, 0.25) is 0 Å². The van der Waals surface area contributed by atoms with Crippen LogP contribution in [0.4, 0.5) is 0 Å². The van der Waals surface area contributed by atoms with Crippen LogP contribution in [0.5, 0.6) is 0 Å². The minimum atomic E-state index is 0.485. The fourth-order valence-electron chi connectivity index (χ4n) is 2.92. The summed E-state index contributed by atoms with van der Waals surface area (Å²) in [4.78, 5) is 6.93. The van der Waals surface area contributed by atoms with Gasteiger partial charge in [0.15, 0.2) is 5.96 Å². The Morgan fingerprint density at radius 1 is 1.29 bits per heavy atom. The van der Waals surface area contributed by atoms with E-state index in [4.69, 9.17) is 0 Å². The number of likely N-dealkylation sites (tertiary alicyclic amines) is 1. The van der Waals surface area contributed by atoms with Gasteiger partial charge in [0, 0.05) is 26.2 Å². The van der Waals surface area contributed by atoms with Crippen LogP contribution in [0.3, 0.4) is 0 Å². The molecule has 2 atom stereocenters. The highest BCUT2D eigenvalue weighted by Crippen LogP contribution is 2.15. The van der Waals surface area contributed by atoms with E-state index in [0.717, 1.165) is 24.3 Å². The molecule has 0 aliphatic carbocycles. The van der Waals surface area contributed by atoms with Crippen molar-refractivity contribution in [2.24, 2.45) is 16.8 Å². The summed E-state index contributed by atoms with van der Waals surface area (Å²) in [7, 11) is 1.86. The van der Waals surface area contributed by atoms with Crippen LogP contribution in [-0.2, 0) is 0 Å². The fourth-order valence-corrected chi connectivity index (χ4v) is 2.92. The van der Waals surface area contributed by atoms with E-state index in [1.165, 1.54) is 45.3 Å². The molecule has 1 aliphatic heterocycles. The second kappa shape index (κ2) is 10.0. The van der Waals surface area contributed by atoms with Crippen molar-refractivity contribution in [1.29, 1.82) is 0 Å². The van der Waals surface area contributed by atoms with E-state index >= 15 is 0 Å². The fraction of sp³-hybridized carbons (Fsp3) is 0.941. The third-order valence-corrected chi connectivity index (χ3v) is 4.25. The van der Waals surface area contributed by atoms with E-state index in [2.05, 4.69) is 48.2 Å². The zero-order valence-corrected chi connectivity index (χ0v) is 14.8. The molecular weight excluding hydrogens is 260 g/mol. The molecular formula is C17H36N4. The van der Waals surface area contributed by atoms with Gasteiger partial charge in [0.2, 0.25) is 0 Å². The van der Waals surface area contributed by atoms with Gasteiger partial charge in [-0.25, -0.2) is 0 Å². The van der Waals surface area contributed by atoms with Crippen LogP contribution in [-0.4, -0.2) is 50.1 Å². The standard InChI is InChI=1S/C17H36N4/c1-6-10-21-11-9-16(13-21)12-19-17(18-5)20-15(4)8-7-14(2)3/h14-16H,6-13H2,1-5H3,(H2,18,19,20). The van der Waals surface area contributed by atoms with Crippen molar-refractivity contribution in [1.82, 2.24) is 15.5 Å². The lowest BCUT2D eigenvalue weighted by molar-refractivity contribution is 0.324. The summed E-state index contributed by atoms with van der Waals surface area (Å²) >= 11 is 0. The smallest absolute Gasteiger partial charge is 0.191 e. The molecule has 0 radical (unpaired) electrons. The van der Waals surface area contributed by atoms with Gasteiger partial charge in [-0.2, -0.15) is 0 Å². The largest absolute Gasteiger partial charge is 0.356 e. The average molecular weight is 297 g/mol. The normalized spacial score (nSPS) is 21.8. The number of hydrogen-bond donors (Lipinski definition) is 2. The SMILES string of the molecule is CCCN1CCC(CNC(=NC)NC(C)CCC(C)C)C1. The molecule has 0 saturated carbocycles. The Kier molecular flexibility index (Phi) is 8.74. The van der Waals surface area contributed by atoms with Crippen molar-refractivity contribution in [2.45, 2.75) is 59.4 Å². The van der Waals surface area contributed by atoms with Gasteiger partial charge < -0.3 is 15.5 Å². The quantitative estimate of drug-likeness (QED) is 0.534. The Hall–Kier alpha value is -0.770. The van der Waals surface area contributed by atoms with Crippen molar-refractivity contribution in [3.63, 3.8) is 0 Å². The first-order chi connectivity index (χ1) is 10.0. The number of guanidine groups is 1. The van der Waals surface area contributed by atoms with E-state index in [0.29, 0.717) is 6.04 Å². The minimum absolute atomic E-state index is 0.485. The first-order valence-electron chi connectivity index (χ1n) is 8.74. The molecule has 4 heteroatoms. The van der Waals surface area contributed by atoms with Gasteiger partial charge in [0.25, 0.3) is 0 Å². The first-order valence-corrected chi connectivity index (χ1v) is 8.74. The molecule has 1 saturated heterocycles.